The Hall–Kier alpha value is -1.36. The Morgan fingerprint density at radius 1 is 1.47 bits per heavy atom. The van der Waals surface area contributed by atoms with Gasteiger partial charge in [0.1, 0.15) is 5.82 Å². The summed E-state index contributed by atoms with van der Waals surface area (Å²) in [6.07, 6.45) is 1.72. The van der Waals surface area contributed by atoms with E-state index in [9.17, 15) is 4.39 Å². The van der Waals surface area contributed by atoms with Gasteiger partial charge in [-0.3, -0.25) is 0 Å². The maximum absolute atomic E-state index is 12.9. The molecule has 5 heteroatoms. The average molecular weight is 270 g/mol. The van der Waals surface area contributed by atoms with Crippen molar-refractivity contribution in [1.82, 2.24) is 9.97 Å². The van der Waals surface area contributed by atoms with E-state index in [1.54, 1.807) is 18.3 Å². The van der Waals surface area contributed by atoms with Gasteiger partial charge in [-0.1, -0.05) is 0 Å². The zero-order valence-electron chi connectivity index (χ0n) is 8.01. The number of halogens is 2. The molecule has 0 saturated heterocycles. The van der Waals surface area contributed by atoms with Crippen molar-refractivity contribution < 1.29 is 4.39 Å². The van der Waals surface area contributed by atoms with Gasteiger partial charge in [-0.05, 0) is 41.1 Å². The second-order valence-corrected chi connectivity index (χ2v) is 4.02. The number of nitrogens with zero attached hydrogens (tertiary/aromatic N) is 1. The number of imidazole rings is 1. The molecule has 2 rings (SSSR count). The van der Waals surface area contributed by atoms with Gasteiger partial charge in [-0.25, -0.2) is 9.37 Å². The third-order valence-corrected chi connectivity index (χ3v) is 2.49. The van der Waals surface area contributed by atoms with E-state index < -0.39 is 0 Å². The number of aromatic nitrogens is 2. The summed E-state index contributed by atoms with van der Waals surface area (Å²) in [6, 6.07) is 4.70. The van der Waals surface area contributed by atoms with E-state index in [-0.39, 0.29) is 5.82 Å². The van der Waals surface area contributed by atoms with Gasteiger partial charge in [0.15, 0.2) is 0 Å². The lowest BCUT2D eigenvalue weighted by Gasteiger charge is -2.03. The Balaban J connectivity index is 2.21. The van der Waals surface area contributed by atoms with Crippen molar-refractivity contribution in [3.63, 3.8) is 0 Å². The molecule has 0 amide bonds. The number of rotatable bonds is 2. The zero-order chi connectivity index (χ0) is 10.8. The molecular weight excluding hydrogens is 261 g/mol. The molecule has 0 fully saturated rings. The smallest absolute Gasteiger partial charge is 0.204 e. The molecule has 78 valence electrons. The van der Waals surface area contributed by atoms with Crippen molar-refractivity contribution >= 4 is 27.6 Å². The van der Waals surface area contributed by atoms with Crippen molar-refractivity contribution in [1.29, 1.82) is 0 Å². The summed E-state index contributed by atoms with van der Waals surface area (Å²) < 4.78 is 13.4. The molecule has 0 unspecified atom stereocenters. The molecule has 0 aliphatic rings. The number of anilines is 2. The van der Waals surface area contributed by atoms with Crippen LogP contribution in [0.3, 0.4) is 0 Å². The van der Waals surface area contributed by atoms with E-state index in [0.29, 0.717) is 10.4 Å². The molecule has 0 bridgehead atoms. The minimum absolute atomic E-state index is 0.281. The number of aromatic amines is 1. The third kappa shape index (κ3) is 2.36. The van der Waals surface area contributed by atoms with E-state index in [1.807, 2.05) is 6.92 Å². The minimum atomic E-state index is -0.281. The van der Waals surface area contributed by atoms with Crippen molar-refractivity contribution in [2.45, 2.75) is 6.92 Å². The Morgan fingerprint density at radius 3 is 2.87 bits per heavy atom. The lowest BCUT2D eigenvalue weighted by molar-refractivity contribution is 0.621. The van der Waals surface area contributed by atoms with Gasteiger partial charge in [0, 0.05) is 17.6 Å². The van der Waals surface area contributed by atoms with Crippen LogP contribution in [-0.4, -0.2) is 9.97 Å². The summed E-state index contributed by atoms with van der Waals surface area (Å²) in [7, 11) is 0. The maximum atomic E-state index is 12.9. The van der Waals surface area contributed by atoms with Crippen molar-refractivity contribution in [3.8, 4) is 0 Å². The molecule has 1 aromatic heterocycles. The van der Waals surface area contributed by atoms with Crippen LogP contribution in [0.2, 0.25) is 0 Å². The average Bonchev–Trinajstić information content (AvgIpc) is 2.58. The van der Waals surface area contributed by atoms with Gasteiger partial charge in [0.05, 0.1) is 4.47 Å². The van der Waals surface area contributed by atoms with E-state index in [4.69, 9.17) is 0 Å². The van der Waals surface area contributed by atoms with Crippen LogP contribution in [-0.2, 0) is 0 Å². The standard InChI is InChI=1S/C10H9BrFN3/c1-6-5-13-10(14-6)15-7-2-3-9(12)8(11)4-7/h2-5H,1H3,(H2,13,14,15). The topological polar surface area (TPSA) is 40.7 Å². The summed E-state index contributed by atoms with van der Waals surface area (Å²) in [5, 5.41) is 3.03. The fraction of sp³-hybridized carbons (Fsp3) is 0.100. The molecule has 0 radical (unpaired) electrons. The molecule has 0 aliphatic heterocycles. The third-order valence-electron chi connectivity index (χ3n) is 1.89. The van der Waals surface area contributed by atoms with E-state index in [2.05, 4.69) is 31.2 Å². The normalized spacial score (nSPS) is 10.3. The Labute approximate surface area is 94.9 Å². The van der Waals surface area contributed by atoms with Crippen molar-refractivity contribution in [3.05, 3.63) is 40.4 Å². The van der Waals surface area contributed by atoms with Gasteiger partial charge < -0.3 is 10.3 Å². The lowest BCUT2D eigenvalue weighted by Crippen LogP contribution is -1.92. The predicted molar refractivity (Wildman–Crippen MR) is 60.7 cm³/mol. The summed E-state index contributed by atoms with van der Waals surface area (Å²) in [4.78, 5) is 7.11. The number of hydrogen-bond acceptors (Lipinski definition) is 2. The van der Waals surface area contributed by atoms with Crippen LogP contribution in [0.25, 0.3) is 0 Å². The number of hydrogen-bond donors (Lipinski definition) is 2. The molecule has 2 aromatic rings. The number of benzene rings is 1. The summed E-state index contributed by atoms with van der Waals surface area (Å²) >= 11 is 3.12. The zero-order valence-corrected chi connectivity index (χ0v) is 9.60. The summed E-state index contributed by atoms with van der Waals surface area (Å²) in [5.41, 5.74) is 1.75. The second-order valence-electron chi connectivity index (χ2n) is 3.17. The molecule has 1 aromatic carbocycles. The molecule has 0 atom stereocenters. The Morgan fingerprint density at radius 2 is 2.27 bits per heavy atom. The molecule has 0 spiro atoms. The monoisotopic (exact) mass is 269 g/mol. The predicted octanol–water partition coefficient (Wildman–Crippen LogP) is 3.36. The van der Waals surface area contributed by atoms with Crippen LogP contribution in [0.15, 0.2) is 28.9 Å². The van der Waals surface area contributed by atoms with Gasteiger partial charge in [0.2, 0.25) is 5.95 Å². The molecule has 1 heterocycles. The van der Waals surface area contributed by atoms with Gasteiger partial charge >= 0.3 is 0 Å². The van der Waals surface area contributed by atoms with Crippen molar-refractivity contribution in [2.75, 3.05) is 5.32 Å². The van der Waals surface area contributed by atoms with Crippen molar-refractivity contribution in [2.24, 2.45) is 0 Å². The fourth-order valence-electron chi connectivity index (χ4n) is 1.19. The van der Waals surface area contributed by atoms with E-state index in [1.165, 1.54) is 6.07 Å². The van der Waals surface area contributed by atoms with Crippen LogP contribution in [0.4, 0.5) is 16.0 Å². The summed E-state index contributed by atoms with van der Waals surface area (Å²) in [6.45, 7) is 1.92. The molecular formula is C10H9BrFN3. The first-order valence-corrected chi connectivity index (χ1v) is 5.18. The quantitative estimate of drug-likeness (QED) is 0.878. The highest BCUT2D eigenvalue weighted by Crippen LogP contribution is 2.21. The highest BCUT2D eigenvalue weighted by atomic mass is 79.9. The SMILES string of the molecule is Cc1cnc(Nc2ccc(F)c(Br)c2)[nH]1. The maximum Gasteiger partial charge on any atom is 0.204 e. The van der Waals surface area contributed by atoms with Gasteiger partial charge in [-0.15, -0.1) is 0 Å². The van der Waals surface area contributed by atoms with E-state index >= 15 is 0 Å². The molecule has 0 saturated carbocycles. The number of H-pyrrole nitrogens is 1. The van der Waals surface area contributed by atoms with Gasteiger partial charge in [0.25, 0.3) is 0 Å². The molecule has 3 nitrogen and oxygen atoms in total. The second kappa shape index (κ2) is 4.02. The van der Waals surface area contributed by atoms with Gasteiger partial charge in [-0.2, -0.15) is 0 Å². The Bertz CT molecular complexity index is 481. The highest BCUT2D eigenvalue weighted by molar-refractivity contribution is 9.10. The Kier molecular flexibility index (Phi) is 2.73. The first kappa shape index (κ1) is 10.2. The van der Waals surface area contributed by atoms with Crippen LogP contribution in [0.5, 0.6) is 0 Å². The lowest BCUT2D eigenvalue weighted by atomic mass is 10.3. The van der Waals surface area contributed by atoms with Crippen LogP contribution in [0, 0.1) is 12.7 Å². The minimum Gasteiger partial charge on any atom is -0.328 e. The highest BCUT2D eigenvalue weighted by Gasteiger charge is 2.02. The molecule has 2 N–H and O–H groups in total. The number of nitrogens with one attached hydrogen (secondary N) is 2. The molecule has 15 heavy (non-hydrogen) atoms. The fourth-order valence-corrected chi connectivity index (χ4v) is 1.57. The number of aryl methyl sites for hydroxylation is 1. The largest absolute Gasteiger partial charge is 0.328 e. The van der Waals surface area contributed by atoms with E-state index in [0.717, 1.165) is 11.4 Å². The molecule has 0 aliphatic carbocycles. The van der Waals surface area contributed by atoms with Crippen LogP contribution >= 0.6 is 15.9 Å². The first-order chi connectivity index (χ1) is 7.15. The van der Waals surface area contributed by atoms with Crippen LogP contribution in [0.1, 0.15) is 5.69 Å². The summed E-state index contributed by atoms with van der Waals surface area (Å²) in [5.74, 6) is 0.363. The first-order valence-electron chi connectivity index (χ1n) is 4.39. The van der Waals surface area contributed by atoms with Crippen LogP contribution < -0.4 is 5.32 Å².